The number of benzene rings is 5. The normalized spacial score (nSPS) is 11.4. The maximum absolute atomic E-state index is 12.3. The molecule has 2 N–H and O–H groups in total. The monoisotopic (exact) mass is 426 g/mol. The molecular formula is C30H22N2O. The fraction of sp³-hybridized carbons (Fsp3) is 0.0333. The van der Waals surface area contributed by atoms with Gasteiger partial charge in [-0.2, -0.15) is 0 Å². The zero-order valence-electron chi connectivity index (χ0n) is 18.0. The molecule has 0 aliphatic carbocycles. The van der Waals surface area contributed by atoms with E-state index in [1.807, 2.05) is 18.2 Å². The predicted molar refractivity (Wildman–Crippen MR) is 136 cm³/mol. The standard InChI is InChI=1S/C30H22N2O/c31-30(33)26-14-7-15-27-29(26)25-17-16-22(20-8-2-1-3-9-20)18-28(25)32(27)19-23-12-6-11-21-10-4-5-13-24(21)23/h1-18H,19H2,(H2,31,33). The Morgan fingerprint density at radius 2 is 1.42 bits per heavy atom. The third-order valence-electron chi connectivity index (χ3n) is 6.47. The van der Waals surface area contributed by atoms with E-state index in [9.17, 15) is 4.79 Å². The van der Waals surface area contributed by atoms with Crippen molar-refractivity contribution < 1.29 is 4.79 Å². The highest BCUT2D eigenvalue weighted by atomic mass is 16.1. The zero-order valence-corrected chi connectivity index (χ0v) is 18.0. The number of nitrogens with two attached hydrogens (primary N) is 1. The number of hydrogen-bond donors (Lipinski definition) is 1. The lowest BCUT2D eigenvalue weighted by Crippen LogP contribution is -2.11. The maximum Gasteiger partial charge on any atom is 0.249 e. The number of primary amides is 1. The molecule has 1 heterocycles. The van der Waals surface area contributed by atoms with Crippen LogP contribution in [0, 0.1) is 0 Å². The molecule has 3 nitrogen and oxygen atoms in total. The first-order valence-electron chi connectivity index (χ1n) is 11.1. The van der Waals surface area contributed by atoms with Crippen molar-refractivity contribution in [2.75, 3.05) is 0 Å². The van der Waals surface area contributed by atoms with Crippen LogP contribution >= 0.6 is 0 Å². The molecule has 0 spiro atoms. The molecule has 158 valence electrons. The lowest BCUT2D eigenvalue weighted by atomic mass is 10.0. The topological polar surface area (TPSA) is 48.0 Å². The van der Waals surface area contributed by atoms with Crippen molar-refractivity contribution >= 4 is 38.5 Å². The van der Waals surface area contributed by atoms with Crippen LogP contribution in [0.1, 0.15) is 15.9 Å². The Morgan fingerprint density at radius 3 is 2.27 bits per heavy atom. The SMILES string of the molecule is NC(=O)c1cccc2c1c1ccc(-c3ccccc3)cc1n2Cc1cccc2ccccc12. The van der Waals surface area contributed by atoms with Gasteiger partial charge in [0.15, 0.2) is 0 Å². The second kappa shape index (κ2) is 7.64. The first-order valence-corrected chi connectivity index (χ1v) is 11.1. The summed E-state index contributed by atoms with van der Waals surface area (Å²) in [5, 5.41) is 4.41. The zero-order chi connectivity index (χ0) is 22.4. The van der Waals surface area contributed by atoms with Crippen LogP contribution in [0.15, 0.2) is 109 Å². The lowest BCUT2D eigenvalue weighted by molar-refractivity contribution is 0.100. The van der Waals surface area contributed by atoms with E-state index >= 15 is 0 Å². The molecule has 0 atom stereocenters. The van der Waals surface area contributed by atoms with E-state index in [-0.39, 0.29) is 0 Å². The molecule has 33 heavy (non-hydrogen) atoms. The van der Waals surface area contributed by atoms with Crippen molar-refractivity contribution in [3.63, 3.8) is 0 Å². The van der Waals surface area contributed by atoms with Crippen molar-refractivity contribution in [2.45, 2.75) is 6.54 Å². The summed E-state index contributed by atoms with van der Waals surface area (Å²) < 4.78 is 2.31. The summed E-state index contributed by atoms with van der Waals surface area (Å²) in [5.41, 5.74) is 12.0. The number of aromatic nitrogens is 1. The van der Waals surface area contributed by atoms with E-state index in [0.29, 0.717) is 12.1 Å². The molecule has 0 fully saturated rings. The quantitative estimate of drug-likeness (QED) is 0.332. The summed E-state index contributed by atoms with van der Waals surface area (Å²) in [6, 6.07) is 37.5. The van der Waals surface area contributed by atoms with Crippen LogP contribution in [0.4, 0.5) is 0 Å². The van der Waals surface area contributed by atoms with E-state index in [4.69, 9.17) is 5.73 Å². The van der Waals surface area contributed by atoms with Gasteiger partial charge in [-0.25, -0.2) is 0 Å². The first kappa shape index (κ1) is 19.3. The minimum absolute atomic E-state index is 0.406. The average molecular weight is 427 g/mol. The predicted octanol–water partition coefficient (Wildman–Crippen LogP) is 6.76. The van der Waals surface area contributed by atoms with Crippen molar-refractivity contribution in [1.82, 2.24) is 4.57 Å². The van der Waals surface area contributed by atoms with Crippen LogP contribution in [-0.2, 0) is 6.54 Å². The molecule has 1 amide bonds. The highest BCUT2D eigenvalue weighted by Crippen LogP contribution is 2.35. The second-order valence-electron chi connectivity index (χ2n) is 8.39. The smallest absolute Gasteiger partial charge is 0.249 e. The van der Waals surface area contributed by atoms with E-state index in [2.05, 4.69) is 95.6 Å². The van der Waals surface area contributed by atoms with Crippen molar-refractivity contribution in [3.8, 4) is 11.1 Å². The Bertz CT molecular complexity index is 1660. The van der Waals surface area contributed by atoms with Gasteiger partial charge in [-0.05, 0) is 45.7 Å². The largest absolute Gasteiger partial charge is 0.366 e. The minimum atomic E-state index is -0.406. The van der Waals surface area contributed by atoms with Gasteiger partial charge >= 0.3 is 0 Å². The van der Waals surface area contributed by atoms with Crippen LogP contribution in [0.2, 0.25) is 0 Å². The summed E-state index contributed by atoms with van der Waals surface area (Å²) in [6.07, 6.45) is 0. The summed E-state index contributed by atoms with van der Waals surface area (Å²) in [7, 11) is 0. The van der Waals surface area contributed by atoms with Gasteiger partial charge in [0.25, 0.3) is 0 Å². The fourth-order valence-electron chi connectivity index (χ4n) is 4.93. The van der Waals surface area contributed by atoms with Gasteiger partial charge in [-0.15, -0.1) is 0 Å². The number of hydrogen-bond acceptors (Lipinski definition) is 1. The number of rotatable bonds is 4. The Balaban J connectivity index is 1.66. The van der Waals surface area contributed by atoms with Crippen LogP contribution in [0.3, 0.4) is 0 Å². The highest BCUT2D eigenvalue weighted by Gasteiger charge is 2.17. The van der Waals surface area contributed by atoms with Crippen LogP contribution in [-0.4, -0.2) is 10.5 Å². The van der Waals surface area contributed by atoms with Gasteiger partial charge in [0.1, 0.15) is 0 Å². The van der Waals surface area contributed by atoms with Crippen molar-refractivity contribution in [2.24, 2.45) is 5.73 Å². The van der Waals surface area contributed by atoms with Crippen molar-refractivity contribution in [3.05, 3.63) is 120 Å². The average Bonchev–Trinajstić information content (AvgIpc) is 3.17. The molecule has 6 aromatic rings. The molecular weight excluding hydrogens is 404 g/mol. The third-order valence-corrected chi connectivity index (χ3v) is 6.47. The van der Waals surface area contributed by atoms with Gasteiger partial charge in [0.05, 0.1) is 11.0 Å². The lowest BCUT2D eigenvalue weighted by Gasteiger charge is -2.12. The van der Waals surface area contributed by atoms with Crippen LogP contribution < -0.4 is 5.73 Å². The minimum Gasteiger partial charge on any atom is -0.366 e. The third kappa shape index (κ3) is 3.17. The molecule has 0 aliphatic heterocycles. The molecule has 0 saturated carbocycles. The molecule has 0 radical (unpaired) electrons. The van der Waals surface area contributed by atoms with Gasteiger partial charge in [-0.1, -0.05) is 91.0 Å². The number of carbonyl (C=O) groups is 1. The summed E-state index contributed by atoms with van der Waals surface area (Å²) in [6.45, 7) is 0.696. The number of fused-ring (bicyclic) bond motifs is 4. The van der Waals surface area contributed by atoms with Gasteiger partial charge in [0.2, 0.25) is 5.91 Å². The summed E-state index contributed by atoms with van der Waals surface area (Å²) >= 11 is 0. The molecule has 1 aromatic heterocycles. The number of carbonyl (C=O) groups excluding carboxylic acids is 1. The van der Waals surface area contributed by atoms with Crippen molar-refractivity contribution in [1.29, 1.82) is 0 Å². The van der Waals surface area contributed by atoms with Gasteiger partial charge in [0, 0.05) is 22.9 Å². The molecule has 6 rings (SSSR count). The van der Waals surface area contributed by atoms with E-state index < -0.39 is 5.91 Å². The van der Waals surface area contributed by atoms with E-state index in [0.717, 1.165) is 32.9 Å². The molecule has 0 aliphatic rings. The van der Waals surface area contributed by atoms with E-state index in [1.54, 1.807) is 0 Å². The summed E-state index contributed by atoms with van der Waals surface area (Å²) in [4.78, 5) is 12.3. The molecule has 0 bridgehead atoms. The summed E-state index contributed by atoms with van der Waals surface area (Å²) in [5.74, 6) is -0.406. The maximum atomic E-state index is 12.3. The Hall–Kier alpha value is -4.37. The fourth-order valence-corrected chi connectivity index (χ4v) is 4.93. The van der Waals surface area contributed by atoms with Crippen LogP contribution in [0.25, 0.3) is 43.7 Å². The Morgan fingerprint density at radius 1 is 0.667 bits per heavy atom. The number of amides is 1. The molecule has 3 heteroatoms. The molecule has 0 unspecified atom stereocenters. The van der Waals surface area contributed by atoms with Crippen LogP contribution in [0.5, 0.6) is 0 Å². The highest BCUT2D eigenvalue weighted by molar-refractivity contribution is 6.18. The Labute approximate surface area is 191 Å². The second-order valence-corrected chi connectivity index (χ2v) is 8.39. The molecule has 5 aromatic carbocycles. The van der Waals surface area contributed by atoms with Gasteiger partial charge < -0.3 is 10.3 Å². The van der Waals surface area contributed by atoms with E-state index in [1.165, 1.54) is 16.3 Å². The van der Waals surface area contributed by atoms with Gasteiger partial charge in [-0.3, -0.25) is 4.79 Å². The first-order chi connectivity index (χ1) is 16.2. The number of nitrogens with zero attached hydrogens (tertiary/aromatic N) is 1. The Kier molecular flexibility index (Phi) is 4.48. The molecule has 0 saturated heterocycles.